The highest BCUT2D eigenvalue weighted by Gasteiger charge is 2.19. The Labute approximate surface area is 128 Å². The summed E-state index contributed by atoms with van der Waals surface area (Å²) in [6.07, 6.45) is 4.88. The van der Waals surface area contributed by atoms with Crippen LogP contribution in [0.1, 0.15) is 37.8 Å². The molecule has 1 atom stereocenters. The molecule has 1 N–H and O–H groups in total. The van der Waals surface area contributed by atoms with Gasteiger partial charge < -0.3 is 10.1 Å². The fourth-order valence-electron chi connectivity index (χ4n) is 3.42. The lowest BCUT2D eigenvalue weighted by Crippen LogP contribution is -2.42. The van der Waals surface area contributed by atoms with Gasteiger partial charge in [-0.2, -0.15) is 0 Å². The van der Waals surface area contributed by atoms with E-state index in [0.29, 0.717) is 12.1 Å². The van der Waals surface area contributed by atoms with Gasteiger partial charge in [-0.15, -0.1) is 0 Å². The second-order valence-corrected chi connectivity index (χ2v) is 6.67. The summed E-state index contributed by atoms with van der Waals surface area (Å²) in [5, 5.41) is 3.62. The Bertz CT molecular complexity index is 466. The van der Waals surface area contributed by atoms with Crippen molar-refractivity contribution in [1.29, 1.82) is 0 Å². The maximum Gasteiger partial charge on any atom is 0.122 e. The molecule has 0 spiro atoms. The van der Waals surface area contributed by atoms with Gasteiger partial charge in [0.2, 0.25) is 0 Å². The molecular weight excluding hydrogens is 260 g/mol. The first kappa shape index (κ1) is 14.9. The quantitative estimate of drug-likeness (QED) is 0.871. The van der Waals surface area contributed by atoms with E-state index in [1.54, 1.807) is 0 Å². The second kappa shape index (κ2) is 6.80. The van der Waals surface area contributed by atoms with Crippen LogP contribution in [0.15, 0.2) is 18.2 Å². The summed E-state index contributed by atoms with van der Waals surface area (Å²) >= 11 is 0. The number of nitrogens with one attached hydrogen (secondary N) is 1. The molecule has 3 nitrogen and oxygen atoms in total. The van der Waals surface area contributed by atoms with E-state index in [9.17, 15) is 0 Å². The highest BCUT2D eigenvalue weighted by Crippen LogP contribution is 2.26. The van der Waals surface area contributed by atoms with Crippen LogP contribution >= 0.6 is 0 Å². The molecule has 0 bridgehead atoms. The number of benzene rings is 1. The number of nitrogens with zero attached hydrogens (tertiary/aromatic N) is 1. The fraction of sp³-hybridized carbons (Fsp3) is 0.667. The zero-order valence-electron chi connectivity index (χ0n) is 13.4. The third-order valence-corrected chi connectivity index (χ3v) is 4.79. The Morgan fingerprint density at radius 2 is 2.29 bits per heavy atom. The highest BCUT2D eigenvalue weighted by molar-refractivity contribution is 5.39. The Morgan fingerprint density at radius 3 is 3.05 bits per heavy atom. The third-order valence-electron chi connectivity index (χ3n) is 4.79. The summed E-state index contributed by atoms with van der Waals surface area (Å²) in [7, 11) is 0. The van der Waals surface area contributed by atoms with Crippen molar-refractivity contribution in [2.75, 3.05) is 26.2 Å². The standard InChI is InChI=1S/C18H28N2O/c1-14(2)20(13-17-4-3-9-19-17)10-7-15-5-6-18-16(12-15)8-11-21-18/h5-6,12,14,17,19H,3-4,7-11,13H2,1-2H3. The van der Waals surface area contributed by atoms with Gasteiger partial charge in [-0.1, -0.05) is 12.1 Å². The minimum absolute atomic E-state index is 0.616. The Balaban J connectivity index is 1.56. The van der Waals surface area contributed by atoms with Crippen LogP contribution in [-0.4, -0.2) is 43.2 Å². The monoisotopic (exact) mass is 288 g/mol. The minimum Gasteiger partial charge on any atom is -0.493 e. The fourth-order valence-corrected chi connectivity index (χ4v) is 3.42. The molecule has 1 fully saturated rings. The lowest BCUT2D eigenvalue weighted by atomic mass is 10.1. The van der Waals surface area contributed by atoms with Crippen LogP contribution in [0, 0.1) is 0 Å². The van der Waals surface area contributed by atoms with Crippen molar-refractivity contribution in [2.45, 2.75) is 51.6 Å². The van der Waals surface area contributed by atoms with Gasteiger partial charge in [0.1, 0.15) is 5.75 Å². The summed E-state index contributed by atoms with van der Waals surface area (Å²) < 4.78 is 5.59. The zero-order valence-corrected chi connectivity index (χ0v) is 13.4. The summed E-state index contributed by atoms with van der Waals surface area (Å²) in [5.74, 6) is 1.09. The molecule has 0 radical (unpaired) electrons. The van der Waals surface area contributed by atoms with Gasteiger partial charge in [0, 0.05) is 31.6 Å². The van der Waals surface area contributed by atoms with Gasteiger partial charge in [-0.05, 0) is 56.8 Å². The van der Waals surface area contributed by atoms with Gasteiger partial charge in [0.05, 0.1) is 6.61 Å². The van der Waals surface area contributed by atoms with E-state index < -0.39 is 0 Å². The smallest absolute Gasteiger partial charge is 0.122 e. The molecular formula is C18H28N2O. The van der Waals surface area contributed by atoms with Gasteiger partial charge >= 0.3 is 0 Å². The number of rotatable bonds is 6. The van der Waals surface area contributed by atoms with Gasteiger partial charge in [0.15, 0.2) is 0 Å². The van der Waals surface area contributed by atoms with Gasteiger partial charge in [-0.25, -0.2) is 0 Å². The predicted octanol–water partition coefficient (Wildman–Crippen LogP) is 2.63. The minimum atomic E-state index is 0.616. The first-order valence-electron chi connectivity index (χ1n) is 8.44. The van der Waals surface area contributed by atoms with E-state index in [-0.39, 0.29) is 0 Å². The SMILES string of the molecule is CC(C)N(CCc1ccc2c(c1)CCO2)CC1CCCN1. The summed E-state index contributed by atoms with van der Waals surface area (Å²) in [4.78, 5) is 2.62. The lowest BCUT2D eigenvalue weighted by Gasteiger charge is -2.29. The van der Waals surface area contributed by atoms with E-state index in [2.05, 4.69) is 42.3 Å². The second-order valence-electron chi connectivity index (χ2n) is 6.67. The van der Waals surface area contributed by atoms with Crippen LogP contribution in [0.3, 0.4) is 0 Å². The molecule has 0 amide bonds. The van der Waals surface area contributed by atoms with E-state index in [4.69, 9.17) is 4.74 Å². The molecule has 2 aliphatic heterocycles. The van der Waals surface area contributed by atoms with E-state index >= 15 is 0 Å². The average molecular weight is 288 g/mol. The van der Waals surface area contributed by atoms with Crippen LogP contribution < -0.4 is 10.1 Å². The van der Waals surface area contributed by atoms with Crippen LogP contribution in [-0.2, 0) is 12.8 Å². The Morgan fingerprint density at radius 1 is 1.38 bits per heavy atom. The first-order chi connectivity index (χ1) is 10.2. The average Bonchev–Trinajstić information content (AvgIpc) is 3.13. The molecule has 2 aliphatic rings. The largest absolute Gasteiger partial charge is 0.493 e. The highest BCUT2D eigenvalue weighted by atomic mass is 16.5. The van der Waals surface area contributed by atoms with Gasteiger partial charge in [0.25, 0.3) is 0 Å². The number of ether oxygens (including phenoxy) is 1. The number of fused-ring (bicyclic) bond motifs is 1. The maximum atomic E-state index is 5.59. The lowest BCUT2D eigenvalue weighted by molar-refractivity contribution is 0.205. The molecule has 116 valence electrons. The third kappa shape index (κ3) is 3.78. The summed E-state index contributed by atoms with van der Waals surface area (Å²) in [6, 6.07) is 8.03. The summed E-state index contributed by atoms with van der Waals surface area (Å²) in [6.45, 7) is 9.00. The normalized spacial score (nSPS) is 21.0. The van der Waals surface area contributed by atoms with Crippen LogP contribution in [0.2, 0.25) is 0 Å². The number of hydrogen-bond donors (Lipinski definition) is 1. The van der Waals surface area contributed by atoms with Crippen LogP contribution in [0.25, 0.3) is 0 Å². The van der Waals surface area contributed by atoms with Crippen molar-refractivity contribution in [3.8, 4) is 5.75 Å². The molecule has 0 aromatic heterocycles. The topological polar surface area (TPSA) is 24.5 Å². The molecule has 1 saturated heterocycles. The number of hydrogen-bond acceptors (Lipinski definition) is 3. The van der Waals surface area contributed by atoms with Crippen molar-refractivity contribution in [1.82, 2.24) is 10.2 Å². The Kier molecular flexibility index (Phi) is 4.81. The van der Waals surface area contributed by atoms with E-state index in [1.807, 2.05) is 0 Å². The van der Waals surface area contributed by atoms with E-state index in [1.165, 1.54) is 37.1 Å². The molecule has 21 heavy (non-hydrogen) atoms. The molecule has 0 aliphatic carbocycles. The van der Waals surface area contributed by atoms with Crippen LogP contribution in [0.4, 0.5) is 0 Å². The van der Waals surface area contributed by atoms with Crippen molar-refractivity contribution in [3.63, 3.8) is 0 Å². The van der Waals surface area contributed by atoms with E-state index in [0.717, 1.165) is 31.7 Å². The van der Waals surface area contributed by atoms with Crippen molar-refractivity contribution < 1.29 is 4.74 Å². The summed E-state index contributed by atoms with van der Waals surface area (Å²) in [5.41, 5.74) is 2.84. The molecule has 2 heterocycles. The molecule has 1 aromatic rings. The molecule has 1 unspecified atom stereocenters. The van der Waals surface area contributed by atoms with Crippen molar-refractivity contribution in [3.05, 3.63) is 29.3 Å². The van der Waals surface area contributed by atoms with Crippen molar-refractivity contribution >= 4 is 0 Å². The van der Waals surface area contributed by atoms with Crippen molar-refractivity contribution in [2.24, 2.45) is 0 Å². The zero-order chi connectivity index (χ0) is 14.7. The molecule has 1 aromatic carbocycles. The maximum absolute atomic E-state index is 5.59. The molecule has 3 heteroatoms. The first-order valence-corrected chi connectivity index (χ1v) is 8.44. The Hall–Kier alpha value is -1.06. The van der Waals surface area contributed by atoms with Crippen LogP contribution in [0.5, 0.6) is 5.75 Å². The molecule has 0 saturated carbocycles. The molecule has 3 rings (SSSR count). The predicted molar refractivity (Wildman–Crippen MR) is 87.1 cm³/mol. The van der Waals surface area contributed by atoms with Gasteiger partial charge in [-0.3, -0.25) is 4.90 Å².